The topological polar surface area (TPSA) is 70.1 Å². The zero-order chi connectivity index (χ0) is 15.6. The van der Waals surface area contributed by atoms with Gasteiger partial charge in [0.25, 0.3) is 0 Å². The van der Waals surface area contributed by atoms with Crippen molar-refractivity contribution in [3.05, 3.63) is 0 Å². The first kappa shape index (κ1) is 16.1. The second-order valence-corrected chi connectivity index (χ2v) is 7.02. The van der Waals surface area contributed by atoms with Crippen LogP contribution in [-0.2, 0) is 9.53 Å². The number of aliphatic carboxylic acids is 1. The van der Waals surface area contributed by atoms with Crippen LogP contribution in [0.15, 0.2) is 0 Å². The van der Waals surface area contributed by atoms with E-state index in [1.165, 1.54) is 0 Å². The van der Waals surface area contributed by atoms with Crippen molar-refractivity contribution >= 4 is 12.1 Å². The molecule has 1 amide bonds. The monoisotopic (exact) mass is 298 g/mol. The van der Waals surface area contributed by atoms with Crippen LogP contribution in [0, 0.1) is 0 Å². The number of carbonyl (C=O) groups is 2. The van der Waals surface area contributed by atoms with Crippen molar-refractivity contribution in [3.63, 3.8) is 0 Å². The lowest BCUT2D eigenvalue weighted by atomic mass is 10.2. The van der Waals surface area contributed by atoms with E-state index in [0.29, 0.717) is 6.54 Å². The number of rotatable bonds is 5. The van der Waals surface area contributed by atoms with Gasteiger partial charge in [0, 0.05) is 18.6 Å². The van der Waals surface area contributed by atoms with Crippen molar-refractivity contribution in [2.45, 2.75) is 64.1 Å². The Morgan fingerprint density at radius 3 is 2.48 bits per heavy atom. The summed E-state index contributed by atoms with van der Waals surface area (Å²) in [6, 6.07) is 0.404. The normalized spacial score (nSPS) is 23.1. The molecule has 1 saturated carbocycles. The van der Waals surface area contributed by atoms with Crippen molar-refractivity contribution in [2.75, 3.05) is 19.6 Å². The van der Waals surface area contributed by atoms with Crippen LogP contribution in [-0.4, -0.2) is 64.3 Å². The summed E-state index contributed by atoms with van der Waals surface area (Å²) in [5.74, 6) is -0.808. The number of carbonyl (C=O) groups excluding carboxylic acids is 1. The fraction of sp³-hybridized carbons (Fsp3) is 0.867. The van der Waals surface area contributed by atoms with Crippen LogP contribution in [0.1, 0.15) is 46.5 Å². The first-order valence-corrected chi connectivity index (χ1v) is 7.72. The number of amides is 1. The van der Waals surface area contributed by atoms with Crippen molar-refractivity contribution in [1.29, 1.82) is 0 Å². The summed E-state index contributed by atoms with van der Waals surface area (Å²) in [5, 5.41) is 8.96. The number of hydrogen-bond acceptors (Lipinski definition) is 4. The second kappa shape index (κ2) is 6.22. The predicted molar refractivity (Wildman–Crippen MR) is 78.2 cm³/mol. The minimum absolute atomic E-state index is 0.0531. The Morgan fingerprint density at radius 2 is 1.95 bits per heavy atom. The Hall–Kier alpha value is -1.30. The van der Waals surface area contributed by atoms with E-state index in [9.17, 15) is 9.59 Å². The van der Waals surface area contributed by atoms with Gasteiger partial charge in [0.05, 0.1) is 6.54 Å². The van der Waals surface area contributed by atoms with Crippen LogP contribution >= 0.6 is 0 Å². The summed E-state index contributed by atoms with van der Waals surface area (Å²) in [5.41, 5.74) is -0.499. The van der Waals surface area contributed by atoms with E-state index in [2.05, 4.69) is 0 Å². The van der Waals surface area contributed by atoms with Crippen LogP contribution in [0.5, 0.6) is 0 Å². The minimum atomic E-state index is -0.808. The van der Waals surface area contributed by atoms with Gasteiger partial charge in [-0.05, 0) is 53.0 Å². The molecular formula is C15H26N2O4. The molecule has 1 saturated heterocycles. The molecule has 0 radical (unpaired) electrons. The summed E-state index contributed by atoms with van der Waals surface area (Å²) in [7, 11) is 0. The Kier molecular flexibility index (Phi) is 4.76. The zero-order valence-electron chi connectivity index (χ0n) is 13.2. The maximum Gasteiger partial charge on any atom is 0.410 e. The van der Waals surface area contributed by atoms with E-state index >= 15 is 0 Å². The highest BCUT2D eigenvalue weighted by molar-refractivity contribution is 5.70. The van der Waals surface area contributed by atoms with E-state index < -0.39 is 11.6 Å². The molecule has 1 unspecified atom stereocenters. The number of carboxylic acids is 1. The van der Waals surface area contributed by atoms with Gasteiger partial charge in [0.15, 0.2) is 0 Å². The Bertz CT molecular complexity index is 401. The van der Waals surface area contributed by atoms with Gasteiger partial charge in [-0.15, -0.1) is 0 Å². The summed E-state index contributed by atoms with van der Waals surface area (Å²) >= 11 is 0. The number of ether oxygens (including phenoxy) is 1. The standard InChI is InChI=1S/C15H26N2O4/c1-15(2,3)21-14(20)17(11-6-7-11)9-12-5-4-8-16(12)10-13(18)19/h11-12H,4-10H2,1-3H3,(H,18,19). The minimum Gasteiger partial charge on any atom is -0.480 e. The average molecular weight is 298 g/mol. The van der Waals surface area contributed by atoms with Crippen LogP contribution in [0.25, 0.3) is 0 Å². The van der Waals surface area contributed by atoms with Gasteiger partial charge in [-0.25, -0.2) is 4.79 Å². The zero-order valence-corrected chi connectivity index (χ0v) is 13.2. The van der Waals surface area contributed by atoms with E-state index in [-0.39, 0.29) is 24.7 Å². The fourth-order valence-electron chi connectivity index (χ4n) is 2.79. The molecule has 2 aliphatic rings. The van der Waals surface area contributed by atoms with Crippen LogP contribution in [0.4, 0.5) is 4.79 Å². The molecule has 0 spiro atoms. The number of carboxylic acid groups (broad SMARTS) is 1. The summed E-state index contributed by atoms with van der Waals surface area (Å²) in [6.07, 6.45) is 3.70. The SMILES string of the molecule is CC(C)(C)OC(=O)N(CC1CCCN1CC(=O)O)C1CC1. The van der Waals surface area contributed by atoms with Crippen molar-refractivity contribution in [2.24, 2.45) is 0 Å². The molecule has 0 bridgehead atoms. The van der Waals surface area contributed by atoms with E-state index in [1.807, 2.05) is 25.7 Å². The van der Waals surface area contributed by atoms with Crippen LogP contribution in [0.3, 0.4) is 0 Å². The van der Waals surface area contributed by atoms with Crippen molar-refractivity contribution in [1.82, 2.24) is 9.80 Å². The Labute approximate surface area is 126 Å². The van der Waals surface area contributed by atoms with E-state index in [4.69, 9.17) is 9.84 Å². The third-order valence-corrected chi connectivity index (χ3v) is 3.86. The van der Waals surface area contributed by atoms with Crippen molar-refractivity contribution < 1.29 is 19.4 Å². The fourth-order valence-corrected chi connectivity index (χ4v) is 2.79. The van der Waals surface area contributed by atoms with Crippen molar-refractivity contribution in [3.8, 4) is 0 Å². The highest BCUT2D eigenvalue weighted by Gasteiger charge is 2.38. The van der Waals surface area contributed by atoms with E-state index in [0.717, 1.165) is 32.2 Å². The van der Waals surface area contributed by atoms with Gasteiger partial charge in [-0.3, -0.25) is 9.69 Å². The molecule has 6 heteroatoms. The number of nitrogens with zero attached hydrogens (tertiary/aromatic N) is 2. The lowest BCUT2D eigenvalue weighted by Gasteiger charge is -2.32. The molecule has 1 aliphatic heterocycles. The molecule has 1 atom stereocenters. The highest BCUT2D eigenvalue weighted by atomic mass is 16.6. The maximum absolute atomic E-state index is 12.3. The summed E-state index contributed by atoms with van der Waals surface area (Å²) in [4.78, 5) is 27.0. The highest BCUT2D eigenvalue weighted by Crippen LogP contribution is 2.30. The maximum atomic E-state index is 12.3. The molecular weight excluding hydrogens is 272 g/mol. The first-order chi connectivity index (χ1) is 9.76. The smallest absolute Gasteiger partial charge is 0.410 e. The van der Waals surface area contributed by atoms with E-state index in [1.54, 1.807) is 4.90 Å². The number of hydrogen-bond donors (Lipinski definition) is 1. The predicted octanol–water partition coefficient (Wildman–Crippen LogP) is 1.93. The third-order valence-electron chi connectivity index (χ3n) is 3.86. The largest absolute Gasteiger partial charge is 0.480 e. The molecule has 1 aliphatic carbocycles. The molecule has 1 N–H and O–H groups in total. The van der Waals surface area contributed by atoms with Crippen LogP contribution in [0.2, 0.25) is 0 Å². The lowest BCUT2D eigenvalue weighted by molar-refractivity contribution is -0.138. The van der Waals surface area contributed by atoms with Gasteiger partial charge in [0.1, 0.15) is 5.60 Å². The molecule has 2 rings (SSSR count). The lowest BCUT2D eigenvalue weighted by Crippen LogP contribution is -2.47. The summed E-state index contributed by atoms with van der Waals surface area (Å²) < 4.78 is 5.48. The van der Waals surface area contributed by atoms with Gasteiger partial charge in [-0.1, -0.05) is 0 Å². The second-order valence-electron chi connectivity index (χ2n) is 7.02. The number of likely N-dealkylation sites (tertiary alicyclic amines) is 1. The molecule has 0 aromatic rings. The Balaban J connectivity index is 1.96. The molecule has 1 heterocycles. The van der Waals surface area contributed by atoms with Gasteiger partial charge in [0.2, 0.25) is 0 Å². The molecule has 120 valence electrons. The molecule has 0 aromatic heterocycles. The molecule has 21 heavy (non-hydrogen) atoms. The quantitative estimate of drug-likeness (QED) is 0.840. The first-order valence-electron chi connectivity index (χ1n) is 7.72. The molecule has 2 fully saturated rings. The Morgan fingerprint density at radius 1 is 1.29 bits per heavy atom. The van der Waals surface area contributed by atoms with Gasteiger partial charge < -0.3 is 14.7 Å². The third kappa shape index (κ3) is 4.88. The van der Waals surface area contributed by atoms with Gasteiger partial charge in [-0.2, -0.15) is 0 Å². The average Bonchev–Trinajstić information content (AvgIpc) is 3.06. The summed E-state index contributed by atoms with van der Waals surface area (Å²) in [6.45, 7) is 7.01. The molecule has 6 nitrogen and oxygen atoms in total. The van der Waals surface area contributed by atoms with Crippen LogP contribution < -0.4 is 0 Å². The van der Waals surface area contributed by atoms with Gasteiger partial charge >= 0.3 is 12.1 Å². The molecule has 0 aromatic carbocycles.